The molecule has 0 radical (unpaired) electrons. The number of nitrogens with one attached hydrogen (secondary N) is 1. The number of halogens is 1. The van der Waals surface area contributed by atoms with Crippen LogP contribution in [0.3, 0.4) is 0 Å². The number of hydrogen-bond donors (Lipinski definition) is 1. The summed E-state index contributed by atoms with van der Waals surface area (Å²) in [6.45, 7) is 0. The lowest BCUT2D eigenvalue weighted by atomic mass is 9.96. The number of carbonyl (C=O) groups excluding carboxylic acids is 1. The van der Waals surface area contributed by atoms with Gasteiger partial charge in [-0.25, -0.2) is 4.39 Å². The molecule has 2 heterocycles. The van der Waals surface area contributed by atoms with Crippen LogP contribution < -0.4 is 5.32 Å². The van der Waals surface area contributed by atoms with Gasteiger partial charge in [-0.1, -0.05) is 12.1 Å². The second-order valence-corrected chi connectivity index (χ2v) is 7.97. The fourth-order valence-electron chi connectivity index (χ4n) is 3.46. The Morgan fingerprint density at radius 1 is 1.20 bits per heavy atom. The highest BCUT2D eigenvalue weighted by molar-refractivity contribution is 7.16. The third-order valence-corrected chi connectivity index (χ3v) is 6.10. The van der Waals surface area contributed by atoms with E-state index in [9.17, 15) is 19.7 Å². The summed E-state index contributed by atoms with van der Waals surface area (Å²) in [5.74, 6) is -0.260. The van der Waals surface area contributed by atoms with Crippen LogP contribution in [0.15, 0.2) is 46.4 Å². The maximum Gasteiger partial charge on any atom is 0.267 e. The molecule has 0 aliphatic heterocycles. The van der Waals surface area contributed by atoms with E-state index in [1.165, 1.54) is 29.5 Å². The van der Waals surface area contributed by atoms with Gasteiger partial charge in [0.25, 0.3) is 5.91 Å². The van der Waals surface area contributed by atoms with Crippen LogP contribution in [0.1, 0.15) is 34.6 Å². The lowest BCUT2D eigenvalue weighted by Crippen LogP contribution is -2.13. The van der Waals surface area contributed by atoms with Gasteiger partial charge in [-0.3, -0.25) is 4.79 Å². The Bertz CT molecular complexity index is 1240. The zero-order chi connectivity index (χ0) is 21.1. The normalized spacial score (nSPS) is 13.2. The third-order valence-electron chi connectivity index (χ3n) is 4.90. The van der Waals surface area contributed by atoms with E-state index in [-0.39, 0.29) is 11.4 Å². The number of fused-ring (bicyclic) bond motifs is 1. The molecule has 30 heavy (non-hydrogen) atoms. The number of rotatable bonds is 4. The van der Waals surface area contributed by atoms with E-state index in [0.29, 0.717) is 27.6 Å². The summed E-state index contributed by atoms with van der Waals surface area (Å²) in [5.41, 5.74) is 1.91. The molecule has 148 valence electrons. The minimum atomic E-state index is -0.601. The number of furan rings is 1. The minimum absolute atomic E-state index is 0.148. The van der Waals surface area contributed by atoms with Gasteiger partial charge in [0.2, 0.25) is 0 Å². The van der Waals surface area contributed by atoms with Crippen molar-refractivity contribution in [1.29, 1.82) is 10.5 Å². The van der Waals surface area contributed by atoms with Gasteiger partial charge in [0.05, 0.1) is 5.56 Å². The third kappa shape index (κ3) is 3.89. The highest BCUT2D eigenvalue weighted by atomic mass is 32.1. The van der Waals surface area contributed by atoms with Crippen LogP contribution in [-0.4, -0.2) is 5.91 Å². The summed E-state index contributed by atoms with van der Waals surface area (Å²) in [7, 11) is 0. The molecule has 5 nitrogen and oxygen atoms in total. The van der Waals surface area contributed by atoms with Crippen molar-refractivity contribution in [3.05, 3.63) is 69.6 Å². The zero-order valence-electron chi connectivity index (χ0n) is 15.9. The lowest BCUT2D eigenvalue weighted by Gasteiger charge is -2.09. The molecule has 0 fully saturated rings. The fourth-order valence-corrected chi connectivity index (χ4v) is 4.70. The standard InChI is InChI=1S/C23H16FN3O2S/c24-16-5-3-4-14(10-16)20-9-8-17(29-20)11-15(12-25)22(28)27-23-19(13-26)18-6-1-2-7-21(18)30-23/h3-5,8-11H,1-2,6-7H2,(H,27,28)/b15-11+. The molecule has 1 amide bonds. The average molecular weight is 417 g/mol. The molecule has 0 bridgehead atoms. The van der Waals surface area contributed by atoms with Crippen LogP contribution in [0.25, 0.3) is 17.4 Å². The van der Waals surface area contributed by atoms with E-state index in [1.807, 2.05) is 6.07 Å². The highest BCUT2D eigenvalue weighted by Gasteiger charge is 2.22. The van der Waals surface area contributed by atoms with Crippen molar-refractivity contribution < 1.29 is 13.6 Å². The molecule has 1 aliphatic carbocycles. The van der Waals surface area contributed by atoms with Crippen molar-refractivity contribution in [3.8, 4) is 23.5 Å². The van der Waals surface area contributed by atoms with E-state index in [0.717, 1.165) is 36.1 Å². The van der Waals surface area contributed by atoms with Crippen molar-refractivity contribution in [2.24, 2.45) is 0 Å². The lowest BCUT2D eigenvalue weighted by molar-refractivity contribution is -0.112. The van der Waals surface area contributed by atoms with E-state index in [2.05, 4.69) is 11.4 Å². The van der Waals surface area contributed by atoms with E-state index < -0.39 is 5.91 Å². The summed E-state index contributed by atoms with van der Waals surface area (Å²) in [4.78, 5) is 13.8. The number of amides is 1. The summed E-state index contributed by atoms with van der Waals surface area (Å²) >= 11 is 1.40. The minimum Gasteiger partial charge on any atom is -0.457 e. The van der Waals surface area contributed by atoms with E-state index in [1.54, 1.807) is 24.3 Å². The van der Waals surface area contributed by atoms with Gasteiger partial charge in [0.1, 0.15) is 40.1 Å². The highest BCUT2D eigenvalue weighted by Crippen LogP contribution is 2.37. The van der Waals surface area contributed by atoms with Gasteiger partial charge in [-0.15, -0.1) is 11.3 Å². The Hall–Kier alpha value is -3.68. The Kier molecular flexibility index (Phi) is 5.47. The number of nitriles is 2. The molecule has 3 aromatic rings. The summed E-state index contributed by atoms with van der Waals surface area (Å²) < 4.78 is 19.1. The van der Waals surface area contributed by atoms with Crippen LogP contribution in [0.2, 0.25) is 0 Å². The van der Waals surface area contributed by atoms with Crippen LogP contribution in [0, 0.1) is 28.5 Å². The number of carbonyl (C=O) groups is 1. The molecule has 1 N–H and O–H groups in total. The number of thiophene rings is 1. The van der Waals surface area contributed by atoms with E-state index in [4.69, 9.17) is 4.42 Å². The van der Waals surface area contributed by atoms with Crippen molar-refractivity contribution in [2.45, 2.75) is 25.7 Å². The number of benzene rings is 1. The molecule has 1 aromatic carbocycles. The van der Waals surface area contributed by atoms with Crippen molar-refractivity contribution in [1.82, 2.24) is 0 Å². The van der Waals surface area contributed by atoms with Crippen molar-refractivity contribution in [3.63, 3.8) is 0 Å². The Morgan fingerprint density at radius 3 is 2.80 bits per heavy atom. The molecule has 0 spiro atoms. The molecule has 2 aromatic heterocycles. The maximum atomic E-state index is 13.4. The summed E-state index contributed by atoms with van der Waals surface area (Å²) in [6.07, 6.45) is 5.17. The van der Waals surface area contributed by atoms with Crippen molar-refractivity contribution >= 4 is 28.3 Å². The van der Waals surface area contributed by atoms with E-state index >= 15 is 0 Å². The Labute approximate surface area is 176 Å². The SMILES string of the molecule is N#C/C(=C\c1ccc(-c2cccc(F)c2)o1)C(=O)Nc1sc2c(c1C#N)CCCC2. The molecule has 4 rings (SSSR count). The molecule has 0 saturated heterocycles. The number of aryl methyl sites for hydroxylation is 1. The van der Waals surface area contributed by atoms with Crippen LogP contribution in [0.5, 0.6) is 0 Å². The quantitative estimate of drug-likeness (QED) is 0.452. The topological polar surface area (TPSA) is 89.8 Å². The average Bonchev–Trinajstić information content (AvgIpc) is 3.35. The smallest absolute Gasteiger partial charge is 0.267 e. The van der Waals surface area contributed by atoms with Gasteiger partial charge >= 0.3 is 0 Å². The largest absolute Gasteiger partial charge is 0.457 e. The van der Waals surface area contributed by atoms with Gasteiger partial charge in [-0.2, -0.15) is 10.5 Å². The molecule has 1 aliphatic rings. The van der Waals surface area contributed by atoms with Gasteiger partial charge < -0.3 is 9.73 Å². The molecular formula is C23H16FN3O2S. The first-order valence-corrected chi connectivity index (χ1v) is 10.2. The first-order chi connectivity index (χ1) is 14.6. The summed E-state index contributed by atoms with van der Waals surface area (Å²) in [5, 5.41) is 22.2. The van der Waals surface area contributed by atoms with Crippen LogP contribution in [-0.2, 0) is 17.6 Å². The van der Waals surface area contributed by atoms with Gasteiger partial charge in [-0.05, 0) is 55.5 Å². The number of anilines is 1. The first kappa shape index (κ1) is 19.6. The molecule has 0 unspecified atom stereocenters. The van der Waals surface area contributed by atoms with Gasteiger partial charge in [0.15, 0.2) is 0 Å². The predicted octanol–water partition coefficient (Wildman–Crippen LogP) is 5.44. The van der Waals surface area contributed by atoms with Crippen molar-refractivity contribution in [2.75, 3.05) is 5.32 Å². The fraction of sp³-hybridized carbons (Fsp3) is 0.174. The summed E-state index contributed by atoms with van der Waals surface area (Å²) in [6, 6.07) is 13.3. The Morgan fingerprint density at radius 2 is 2.03 bits per heavy atom. The van der Waals surface area contributed by atoms with Crippen LogP contribution >= 0.6 is 11.3 Å². The molecule has 7 heteroatoms. The number of hydrogen-bond acceptors (Lipinski definition) is 5. The molecular weight excluding hydrogens is 401 g/mol. The second-order valence-electron chi connectivity index (χ2n) is 6.86. The number of nitrogens with zero attached hydrogens (tertiary/aromatic N) is 2. The monoisotopic (exact) mass is 417 g/mol. The zero-order valence-corrected chi connectivity index (χ0v) is 16.7. The molecule has 0 atom stereocenters. The second kappa shape index (κ2) is 8.36. The first-order valence-electron chi connectivity index (χ1n) is 9.42. The molecule has 0 saturated carbocycles. The van der Waals surface area contributed by atoms with Gasteiger partial charge in [0, 0.05) is 16.5 Å². The Balaban J connectivity index is 1.57. The van der Waals surface area contributed by atoms with Crippen LogP contribution in [0.4, 0.5) is 9.39 Å². The predicted molar refractivity (Wildman–Crippen MR) is 112 cm³/mol. The maximum absolute atomic E-state index is 13.4.